The van der Waals surface area contributed by atoms with Crippen LogP contribution < -0.4 is 5.73 Å². The molecule has 2 fully saturated rings. The van der Waals surface area contributed by atoms with E-state index < -0.39 is 0 Å². The Morgan fingerprint density at radius 1 is 1.33 bits per heavy atom. The van der Waals surface area contributed by atoms with Crippen molar-refractivity contribution >= 4 is 27.5 Å². The second-order valence-corrected chi connectivity index (χ2v) is 7.51. The van der Waals surface area contributed by atoms with Gasteiger partial charge in [0.25, 0.3) is 0 Å². The molecule has 2 bridgehead atoms. The Morgan fingerprint density at radius 3 is 2.67 bits per heavy atom. The van der Waals surface area contributed by atoms with Gasteiger partial charge in [0.15, 0.2) is 0 Å². The molecule has 2 saturated carbocycles. The number of halogens is 2. The van der Waals surface area contributed by atoms with E-state index in [-0.39, 0.29) is 5.54 Å². The van der Waals surface area contributed by atoms with Gasteiger partial charge in [0.1, 0.15) is 0 Å². The summed E-state index contributed by atoms with van der Waals surface area (Å²) in [6, 6.07) is 6.08. The van der Waals surface area contributed by atoms with Gasteiger partial charge < -0.3 is 5.73 Å². The van der Waals surface area contributed by atoms with E-state index in [9.17, 15) is 0 Å². The average Bonchev–Trinajstić information content (AvgIpc) is 2.90. The van der Waals surface area contributed by atoms with E-state index in [1.165, 1.54) is 25.7 Å². The summed E-state index contributed by atoms with van der Waals surface area (Å²) < 4.78 is 1.01. The molecule has 0 aromatic heterocycles. The van der Waals surface area contributed by atoms with Crippen molar-refractivity contribution in [3.05, 3.63) is 33.3 Å². The normalized spacial score (nSPS) is 33.7. The Bertz CT molecular complexity index is 472. The van der Waals surface area contributed by atoms with Crippen LogP contribution in [-0.4, -0.2) is 0 Å². The van der Waals surface area contributed by atoms with Crippen LogP contribution in [0.1, 0.15) is 38.2 Å². The van der Waals surface area contributed by atoms with E-state index in [4.69, 9.17) is 17.3 Å². The molecule has 0 amide bonds. The molecule has 3 heteroatoms. The third-order valence-corrected chi connectivity index (χ3v) is 5.83. The fourth-order valence-corrected chi connectivity index (χ4v) is 4.98. The van der Waals surface area contributed by atoms with Gasteiger partial charge in [0.05, 0.1) is 0 Å². The Morgan fingerprint density at radius 2 is 2.11 bits per heavy atom. The molecule has 1 aromatic carbocycles. The van der Waals surface area contributed by atoms with E-state index in [0.717, 1.165) is 26.9 Å². The van der Waals surface area contributed by atoms with Crippen molar-refractivity contribution < 1.29 is 0 Å². The van der Waals surface area contributed by atoms with Gasteiger partial charge in [-0.15, -0.1) is 0 Å². The molecule has 0 aliphatic heterocycles. The molecular formula is C15H19BrClN. The molecule has 4 atom stereocenters. The van der Waals surface area contributed by atoms with Gasteiger partial charge in [-0.25, -0.2) is 0 Å². The SMILES string of the molecule is CC(N)(c1ccc(Br)cc1Cl)C1CC2CCC1C2. The van der Waals surface area contributed by atoms with Gasteiger partial charge in [-0.3, -0.25) is 0 Å². The molecule has 3 rings (SSSR count). The van der Waals surface area contributed by atoms with Crippen LogP contribution in [0.15, 0.2) is 22.7 Å². The Kier molecular flexibility index (Phi) is 3.24. The van der Waals surface area contributed by atoms with Crippen LogP contribution in [-0.2, 0) is 5.54 Å². The van der Waals surface area contributed by atoms with Gasteiger partial charge in [0.2, 0.25) is 0 Å². The van der Waals surface area contributed by atoms with Gasteiger partial charge >= 0.3 is 0 Å². The number of fused-ring (bicyclic) bond motifs is 2. The molecule has 98 valence electrons. The van der Waals surface area contributed by atoms with Crippen LogP contribution in [0.25, 0.3) is 0 Å². The molecule has 2 N–H and O–H groups in total. The van der Waals surface area contributed by atoms with Gasteiger partial charge in [-0.05, 0) is 61.6 Å². The molecule has 0 saturated heterocycles. The second kappa shape index (κ2) is 4.50. The minimum atomic E-state index is -0.294. The third-order valence-electron chi connectivity index (χ3n) is 5.02. The number of rotatable bonds is 2. The highest BCUT2D eigenvalue weighted by atomic mass is 79.9. The van der Waals surface area contributed by atoms with Crippen LogP contribution in [0.5, 0.6) is 0 Å². The molecule has 0 heterocycles. The zero-order valence-corrected chi connectivity index (χ0v) is 13.0. The van der Waals surface area contributed by atoms with E-state index in [1.54, 1.807) is 0 Å². The lowest BCUT2D eigenvalue weighted by molar-refractivity contribution is 0.204. The molecule has 1 aromatic rings. The van der Waals surface area contributed by atoms with Crippen molar-refractivity contribution in [1.29, 1.82) is 0 Å². The van der Waals surface area contributed by atoms with Crippen molar-refractivity contribution in [3.63, 3.8) is 0 Å². The zero-order chi connectivity index (χ0) is 12.9. The fraction of sp³-hybridized carbons (Fsp3) is 0.600. The van der Waals surface area contributed by atoms with Crippen molar-refractivity contribution in [2.75, 3.05) is 0 Å². The van der Waals surface area contributed by atoms with Crippen LogP contribution >= 0.6 is 27.5 Å². The second-order valence-electron chi connectivity index (χ2n) is 6.19. The molecule has 2 aliphatic rings. The summed E-state index contributed by atoms with van der Waals surface area (Å²) in [4.78, 5) is 0. The molecule has 0 spiro atoms. The van der Waals surface area contributed by atoms with Gasteiger partial charge in [0, 0.05) is 15.0 Å². The maximum Gasteiger partial charge on any atom is 0.0467 e. The van der Waals surface area contributed by atoms with Crippen molar-refractivity contribution in [2.24, 2.45) is 23.5 Å². The first kappa shape index (κ1) is 13.0. The van der Waals surface area contributed by atoms with E-state index in [1.807, 2.05) is 12.1 Å². The molecule has 1 nitrogen and oxygen atoms in total. The number of benzene rings is 1. The maximum atomic E-state index is 6.68. The minimum Gasteiger partial charge on any atom is -0.321 e. The van der Waals surface area contributed by atoms with Crippen molar-refractivity contribution in [2.45, 2.75) is 38.1 Å². The number of hydrogen-bond donors (Lipinski definition) is 1. The maximum absolute atomic E-state index is 6.68. The van der Waals surface area contributed by atoms with Crippen molar-refractivity contribution in [1.82, 2.24) is 0 Å². The Balaban J connectivity index is 1.94. The predicted octanol–water partition coefficient (Wildman–Crippen LogP) is 4.71. The smallest absolute Gasteiger partial charge is 0.0467 e. The minimum absolute atomic E-state index is 0.294. The van der Waals surface area contributed by atoms with E-state index in [0.29, 0.717) is 5.92 Å². The summed E-state index contributed by atoms with van der Waals surface area (Å²) in [7, 11) is 0. The monoisotopic (exact) mass is 327 g/mol. The van der Waals surface area contributed by atoms with Crippen LogP contribution in [0.4, 0.5) is 0 Å². The highest BCUT2D eigenvalue weighted by Gasteiger charge is 2.47. The van der Waals surface area contributed by atoms with Crippen molar-refractivity contribution in [3.8, 4) is 0 Å². The first-order valence-electron chi connectivity index (χ1n) is 6.73. The number of hydrogen-bond acceptors (Lipinski definition) is 1. The number of nitrogens with two attached hydrogens (primary N) is 1. The first-order valence-corrected chi connectivity index (χ1v) is 7.90. The zero-order valence-electron chi connectivity index (χ0n) is 10.6. The lowest BCUT2D eigenvalue weighted by Crippen LogP contribution is -2.43. The fourth-order valence-electron chi connectivity index (χ4n) is 4.11. The lowest BCUT2D eigenvalue weighted by atomic mass is 9.72. The van der Waals surface area contributed by atoms with Crippen LogP contribution in [0.3, 0.4) is 0 Å². The average molecular weight is 329 g/mol. The van der Waals surface area contributed by atoms with Crippen LogP contribution in [0, 0.1) is 17.8 Å². The lowest BCUT2D eigenvalue weighted by Gasteiger charge is -2.38. The molecule has 2 aliphatic carbocycles. The molecule has 4 unspecified atom stereocenters. The largest absolute Gasteiger partial charge is 0.321 e. The van der Waals surface area contributed by atoms with Gasteiger partial charge in [-0.2, -0.15) is 0 Å². The Labute approximate surface area is 122 Å². The highest BCUT2D eigenvalue weighted by Crippen LogP contribution is 2.54. The predicted molar refractivity (Wildman–Crippen MR) is 79.6 cm³/mol. The summed E-state index contributed by atoms with van der Waals surface area (Å²) in [6.45, 7) is 2.16. The van der Waals surface area contributed by atoms with E-state index in [2.05, 4.69) is 28.9 Å². The summed E-state index contributed by atoms with van der Waals surface area (Å²) in [5, 5.41) is 0.789. The molecule has 0 radical (unpaired) electrons. The summed E-state index contributed by atoms with van der Waals surface area (Å²) in [6.07, 6.45) is 5.43. The summed E-state index contributed by atoms with van der Waals surface area (Å²) in [5.41, 5.74) is 7.49. The van der Waals surface area contributed by atoms with Gasteiger partial charge in [-0.1, -0.05) is 40.0 Å². The Hall–Kier alpha value is -0.0500. The van der Waals surface area contributed by atoms with Crippen LogP contribution in [0.2, 0.25) is 5.02 Å². The topological polar surface area (TPSA) is 26.0 Å². The highest BCUT2D eigenvalue weighted by molar-refractivity contribution is 9.10. The third kappa shape index (κ3) is 2.03. The summed E-state index contributed by atoms with van der Waals surface area (Å²) >= 11 is 9.84. The summed E-state index contributed by atoms with van der Waals surface area (Å²) in [5.74, 6) is 2.32. The quantitative estimate of drug-likeness (QED) is 0.835. The first-order chi connectivity index (χ1) is 8.48. The van der Waals surface area contributed by atoms with E-state index >= 15 is 0 Å². The molecular weight excluding hydrogens is 310 g/mol. The molecule has 18 heavy (non-hydrogen) atoms. The standard InChI is InChI=1S/C15H19BrClN/c1-15(18,12-5-4-11(16)8-14(12)17)13-7-9-2-3-10(13)6-9/h4-5,8-10,13H,2-3,6-7,18H2,1H3.